The van der Waals surface area contributed by atoms with Gasteiger partial charge in [0.1, 0.15) is 0 Å². The average molecular weight is 382 g/mol. The van der Waals surface area contributed by atoms with Crippen LogP contribution in [0.15, 0.2) is 42.5 Å². The van der Waals surface area contributed by atoms with E-state index in [0.29, 0.717) is 25.3 Å². The first-order valence-corrected chi connectivity index (χ1v) is 9.42. The first-order valence-electron chi connectivity index (χ1n) is 9.42. The molecule has 28 heavy (non-hydrogen) atoms. The molecule has 0 fully saturated rings. The number of nitriles is 1. The van der Waals surface area contributed by atoms with Crippen LogP contribution in [-0.2, 0) is 17.9 Å². The second-order valence-corrected chi connectivity index (χ2v) is 7.19. The number of aliphatic hydroxyl groups is 1. The van der Waals surface area contributed by atoms with E-state index in [1.54, 1.807) is 0 Å². The molecule has 1 N–H and O–H groups in total. The highest BCUT2D eigenvalue weighted by molar-refractivity contribution is 5.44. The molecule has 0 aromatic heterocycles. The van der Waals surface area contributed by atoms with Gasteiger partial charge in [-0.3, -0.25) is 4.90 Å². The van der Waals surface area contributed by atoms with Crippen molar-refractivity contribution in [3.63, 3.8) is 0 Å². The van der Waals surface area contributed by atoms with E-state index >= 15 is 0 Å². The Morgan fingerprint density at radius 1 is 1.11 bits per heavy atom. The average Bonchev–Trinajstić information content (AvgIpc) is 3.16. The summed E-state index contributed by atoms with van der Waals surface area (Å²) >= 11 is 0. The van der Waals surface area contributed by atoms with Crippen LogP contribution < -0.4 is 9.47 Å². The van der Waals surface area contributed by atoms with Gasteiger partial charge in [-0.1, -0.05) is 18.2 Å². The number of fused-ring (bicyclic) bond motifs is 1. The molecule has 0 saturated carbocycles. The molecule has 0 spiro atoms. The van der Waals surface area contributed by atoms with Gasteiger partial charge >= 0.3 is 0 Å². The van der Waals surface area contributed by atoms with Crippen molar-refractivity contribution in [1.82, 2.24) is 4.90 Å². The van der Waals surface area contributed by atoms with Crippen LogP contribution >= 0.6 is 0 Å². The van der Waals surface area contributed by atoms with E-state index < -0.39 is 6.10 Å². The molecule has 0 bridgehead atoms. The summed E-state index contributed by atoms with van der Waals surface area (Å²) in [5.41, 5.74) is 2.74. The van der Waals surface area contributed by atoms with Gasteiger partial charge in [-0.2, -0.15) is 5.26 Å². The third-order valence-corrected chi connectivity index (χ3v) is 4.66. The predicted molar refractivity (Wildman–Crippen MR) is 105 cm³/mol. The fraction of sp³-hybridized carbons (Fsp3) is 0.409. The standard InChI is InChI=1S/C22H26N2O4/c1-16(2)24(11-18-5-3-17(10-23)4-6-18)12-20(25)14-26-13-19-7-8-21-22(9-19)28-15-27-21/h3-9,16,20,25H,11-15H2,1-2H3. The van der Waals surface area contributed by atoms with Crippen molar-refractivity contribution < 1.29 is 19.3 Å². The summed E-state index contributed by atoms with van der Waals surface area (Å²) in [6.07, 6.45) is -0.588. The van der Waals surface area contributed by atoms with E-state index in [9.17, 15) is 5.11 Å². The molecule has 2 aromatic carbocycles. The van der Waals surface area contributed by atoms with Gasteiger partial charge in [0.15, 0.2) is 11.5 Å². The van der Waals surface area contributed by atoms with Crippen molar-refractivity contribution in [3.05, 3.63) is 59.2 Å². The summed E-state index contributed by atoms with van der Waals surface area (Å²) in [6.45, 7) is 6.34. The smallest absolute Gasteiger partial charge is 0.231 e. The highest BCUT2D eigenvalue weighted by Crippen LogP contribution is 2.32. The topological polar surface area (TPSA) is 75.0 Å². The molecular weight excluding hydrogens is 356 g/mol. The summed E-state index contributed by atoms with van der Waals surface area (Å²) in [5.74, 6) is 1.48. The summed E-state index contributed by atoms with van der Waals surface area (Å²) in [4.78, 5) is 2.19. The Morgan fingerprint density at radius 2 is 1.82 bits per heavy atom. The highest BCUT2D eigenvalue weighted by atomic mass is 16.7. The first kappa shape index (κ1) is 20.2. The summed E-state index contributed by atoms with van der Waals surface area (Å²) < 4.78 is 16.4. The normalized spacial score (nSPS) is 13.7. The minimum atomic E-state index is -0.588. The van der Waals surface area contributed by atoms with Gasteiger partial charge in [0.2, 0.25) is 6.79 Å². The Morgan fingerprint density at radius 3 is 2.54 bits per heavy atom. The van der Waals surface area contributed by atoms with Gasteiger partial charge in [0.25, 0.3) is 0 Å². The van der Waals surface area contributed by atoms with Gasteiger partial charge in [0, 0.05) is 19.1 Å². The number of nitrogens with zero attached hydrogens (tertiary/aromatic N) is 2. The maximum Gasteiger partial charge on any atom is 0.231 e. The molecule has 0 amide bonds. The van der Waals surface area contributed by atoms with Crippen molar-refractivity contribution in [2.45, 2.75) is 39.1 Å². The van der Waals surface area contributed by atoms with Crippen molar-refractivity contribution in [2.24, 2.45) is 0 Å². The summed E-state index contributed by atoms with van der Waals surface area (Å²) in [7, 11) is 0. The van der Waals surface area contributed by atoms with Crippen LogP contribution in [-0.4, -0.2) is 42.1 Å². The molecule has 0 radical (unpaired) electrons. The lowest BCUT2D eigenvalue weighted by molar-refractivity contribution is 0.00311. The quantitative estimate of drug-likeness (QED) is 0.718. The van der Waals surface area contributed by atoms with Gasteiger partial charge in [-0.25, -0.2) is 0 Å². The molecule has 6 nitrogen and oxygen atoms in total. The minimum absolute atomic E-state index is 0.253. The van der Waals surface area contributed by atoms with Crippen LogP contribution in [0.25, 0.3) is 0 Å². The maximum atomic E-state index is 10.4. The predicted octanol–water partition coefficient (Wildman–Crippen LogP) is 3.08. The lowest BCUT2D eigenvalue weighted by Crippen LogP contribution is -2.38. The SMILES string of the molecule is CC(C)N(Cc1ccc(C#N)cc1)CC(O)COCc1ccc2c(c1)OCO2. The van der Waals surface area contributed by atoms with Gasteiger partial charge in [0.05, 0.1) is 31.0 Å². The molecule has 1 aliphatic rings. The fourth-order valence-electron chi connectivity index (χ4n) is 3.04. The van der Waals surface area contributed by atoms with Crippen molar-refractivity contribution >= 4 is 0 Å². The lowest BCUT2D eigenvalue weighted by Gasteiger charge is -2.28. The van der Waals surface area contributed by atoms with Gasteiger partial charge in [-0.15, -0.1) is 0 Å². The van der Waals surface area contributed by atoms with Crippen molar-refractivity contribution in [1.29, 1.82) is 5.26 Å². The lowest BCUT2D eigenvalue weighted by atomic mass is 10.1. The Balaban J connectivity index is 1.47. The van der Waals surface area contributed by atoms with Crippen LogP contribution in [0, 0.1) is 11.3 Å². The summed E-state index contributed by atoms with van der Waals surface area (Å²) in [6, 6.07) is 15.7. The molecule has 1 aliphatic heterocycles. The Labute approximate surface area is 165 Å². The van der Waals surface area contributed by atoms with E-state index in [0.717, 1.165) is 22.6 Å². The number of ether oxygens (including phenoxy) is 3. The summed E-state index contributed by atoms with van der Waals surface area (Å²) in [5, 5.41) is 19.3. The molecule has 3 rings (SSSR count). The van der Waals surface area contributed by atoms with E-state index in [1.807, 2.05) is 42.5 Å². The first-order chi connectivity index (χ1) is 13.5. The van der Waals surface area contributed by atoms with E-state index in [4.69, 9.17) is 19.5 Å². The zero-order valence-corrected chi connectivity index (χ0v) is 16.3. The highest BCUT2D eigenvalue weighted by Gasteiger charge is 2.16. The number of benzene rings is 2. The van der Waals surface area contributed by atoms with E-state index in [1.165, 1.54) is 0 Å². The largest absolute Gasteiger partial charge is 0.454 e. The molecule has 1 atom stereocenters. The maximum absolute atomic E-state index is 10.4. The van der Waals surface area contributed by atoms with E-state index in [2.05, 4.69) is 24.8 Å². The number of rotatable bonds is 9. The fourth-order valence-corrected chi connectivity index (χ4v) is 3.04. The van der Waals surface area contributed by atoms with Crippen LogP contribution in [0.2, 0.25) is 0 Å². The van der Waals surface area contributed by atoms with Gasteiger partial charge < -0.3 is 19.3 Å². The van der Waals surface area contributed by atoms with Crippen molar-refractivity contribution in [2.75, 3.05) is 19.9 Å². The Hall–Kier alpha value is -2.59. The van der Waals surface area contributed by atoms with Gasteiger partial charge in [-0.05, 0) is 49.2 Å². The zero-order valence-electron chi connectivity index (χ0n) is 16.3. The third kappa shape index (κ3) is 5.46. The van der Waals surface area contributed by atoms with Crippen LogP contribution in [0.3, 0.4) is 0 Å². The zero-order chi connectivity index (χ0) is 19.9. The molecule has 6 heteroatoms. The Bertz CT molecular complexity index is 814. The number of aliphatic hydroxyl groups excluding tert-OH is 1. The molecular formula is C22H26N2O4. The van der Waals surface area contributed by atoms with E-state index in [-0.39, 0.29) is 19.4 Å². The van der Waals surface area contributed by atoms with Crippen molar-refractivity contribution in [3.8, 4) is 17.6 Å². The van der Waals surface area contributed by atoms with Crippen LogP contribution in [0.1, 0.15) is 30.5 Å². The van der Waals surface area contributed by atoms with Crippen LogP contribution in [0.5, 0.6) is 11.5 Å². The molecule has 1 heterocycles. The molecule has 0 saturated heterocycles. The monoisotopic (exact) mass is 382 g/mol. The van der Waals surface area contributed by atoms with Crippen LogP contribution in [0.4, 0.5) is 0 Å². The molecule has 2 aromatic rings. The molecule has 148 valence electrons. The molecule has 1 unspecified atom stereocenters. The second kappa shape index (κ2) is 9.56. The number of hydrogen-bond acceptors (Lipinski definition) is 6. The molecule has 0 aliphatic carbocycles. The number of hydrogen-bond donors (Lipinski definition) is 1. The third-order valence-electron chi connectivity index (χ3n) is 4.66. The second-order valence-electron chi connectivity index (χ2n) is 7.19. The minimum Gasteiger partial charge on any atom is -0.454 e. The Kier molecular flexibility index (Phi) is 6.88.